The Labute approximate surface area is 123 Å². The number of nitrogens with one attached hydrogen (secondary N) is 1. The van der Waals surface area contributed by atoms with Crippen molar-refractivity contribution in [2.75, 3.05) is 0 Å². The van der Waals surface area contributed by atoms with Gasteiger partial charge in [0, 0.05) is 4.47 Å². The maximum absolute atomic E-state index is 5.73. The summed E-state index contributed by atoms with van der Waals surface area (Å²) < 4.78 is 1.07. The monoisotopic (exact) mass is 318 g/mol. The van der Waals surface area contributed by atoms with Gasteiger partial charge in [-0.05, 0) is 29.2 Å². The topological polar surface area (TPSA) is 38.0 Å². The van der Waals surface area contributed by atoms with Gasteiger partial charge in [0.15, 0.2) is 0 Å². The van der Waals surface area contributed by atoms with Crippen LogP contribution >= 0.6 is 15.9 Å². The highest BCUT2D eigenvalue weighted by Crippen LogP contribution is 2.28. The van der Waals surface area contributed by atoms with E-state index < -0.39 is 0 Å². The molecule has 2 rings (SSSR count). The highest BCUT2D eigenvalue weighted by atomic mass is 79.9. The average molecular weight is 319 g/mol. The molecule has 0 amide bonds. The summed E-state index contributed by atoms with van der Waals surface area (Å²) in [6.45, 7) is 2.19. The zero-order valence-corrected chi connectivity index (χ0v) is 12.7. The number of hydrogen-bond donors (Lipinski definition) is 2. The lowest BCUT2D eigenvalue weighted by Crippen LogP contribution is -2.29. The first kappa shape index (κ1) is 14.3. The molecular formula is C16H19BrN2. The molecule has 2 aromatic carbocycles. The molecular weight excluding hydrogens is 300 g/mol. The minimum Gasteiger partial charge on any atom is -0.271 e. The molecule has 0 aliphatic carbocycles. The smallest absolute Gasteiger partial charge is 0.0721 e. The molecule has 100 valence electrons. The van der Waals surface area contributed by atoms with E-state index in [2.05, 4.69) is 58.6 Å². The first-order valence-electron chi connectivity index (χ1n) is 6.55. The van der Waals surface area contributed by atoms with Crippen molar-refractivity contribution in [3.63, 3.8) is 0 Å². The Kier molecular flexibility index (Phi) is 5.14. The molecule has 0 aliphatic heterocycles. The first-order valence-corrected chi connectivity index (χ1v) is 7.35. The van der Waals surface area contributed by atoms with Crippen LogP contribution < -0.4 is 11.3 Å². The Balaban J connectivity index is 2.29. The molecule has 0 aromatic heterocycles. The van der Waals surface area contributed by atoms with Crippen molar-refractivity contribution in [3.8, 4) is 0 Å². The second-order valence-corrected chi connectivity index (χ2v) is 5.47. The first-order chi connectivity index (χ1) is 9.26. The van der Waals surface area contributed by atoms with Gasteiger partial charge in [-0.25, -0.2) is 5.43 Å². The molecule has 1 atom stereocenters. The highest BCUT2D eigenvalue weighted by Gasteiger charge is 2.14. The van der Waals surface area contributed by atoms with E-state index in [1.54, 1.807) is 0 Å². The Bertz CT molecular complexity index is 523. The van der Waals surface area contributed by atoms with Crippen LogP contribution in [0, 0.1) is 0 Å². The molecule has 0 fully saturated rings. The lowest BCUT2D eigenvalue weighted by atomic mass is 9.97. The standard InChI is InChI=1S/C16H19BrN2/c1-2-5-12-8-10-13(11-9-12)16(19-18)14-6-3-4-7-15(14)17/h3-4,6-11,16,19H,2,5,18H2,1H3. The van der Waals surface area contributed by atoms with Crippen LogP contribution in [0.1, 0.15) is 36.1 Å². The number of rotatable bonds is 5. The van der Waals surface area contributed by atoms with E-state index in [-0.39, 0.29) is 6.04 Å². The van der Waals surface area contributed by atoms with Crippen LogP contribution in [-0.4, -0.2) is 0 Å². The van der Waals surface area contributed by atoms with Crippen molar-refractivity contribution in [2.24, 2.45) is 5.84 Å². The number of nitrogens with two attached hydrogens (primary N) is 1. The van der Waals surface area contributed by atoms with Gasteiger partial charge < -0.3 is 0 Å². The predicted octanol–water partition coefficient (Wildman–Crippen LogP) is 3.95. The van der Waals surface area contributed by atoms with E-state index in [1.165, 1.54) is 17.5 Å². The fourth-order valence-corrected chi connectivity index (χ4v) is 2.75. The fourth-order valence-electron chi connectivity index (χ4n) is 2.24. The zero-order valence-electron chi connectivity index (χ0n) is 11.1. The van der Waals surface area contributed by atoms with Crippen molar-refractivity contribution < 1.29 is 0 Å². The van der Waals surface area contributed by atoms with Crippen molar-refractivity contribution in [2.45, 2.75) is 25.8 Å². The summed E-state index contributed by atoms with van der Waals surface area (Å²) in [5.41, 5.74) is 6.59. The van der Waals surface area contributed by atoms with Gasteiger partial charge in [-0.3, -0.25) is 5.84 Å². The minimum atomic E-state index is 0.00579. The molecule has 3 N–H and O–H groups in total. The van der Waals surface area contributed by atoms with Gasteiger partial charge in [-0.15, -0.1) is 0 Å². The van der Waals surface area contributed by atoms with E-state index in [0.29, 0.717) is 0 Å². The van der Waals surface area contributed by atoms with Gasteiger partial charge in [0.1, 0.15) is 0 Å². The van der Waals surface area contributed by atoms with Crippen molar-refractivity contribution in [1.82, 2.24) is 5.43 Å². The van der Waals surface area contributed by atoms with Crippen LogP contribution in [0.2, 0.25) is 0 Å². The van der Waals surface area contributed by atoms with Crippen LogP contribution in [0.4, 0.5) is 0 Å². The van der Waals surface area contributed by atoms with E-state index in [4.69, 9.17) is 5.84 Å². The Hall–Kier alpha value is -1.16. The van der Waals surface area contributed by atoms with Crippen LogP contribution in [0.25, 0.3) is 0 Å². The summed E-state index contributed by atoms with van der Waals surface area (Å²) in [6, 6.07) is 16.8. The number of benzene rings is 2. The quantitative estimate of drug-likeness (QED) is 0.647. The third kappa shape index (κ3) is 3.44. The maximum Gasteiger partial charge on any atom is 0.0721 e. The Morgan fingerprint density at radius 2 is 1.79 bits per heavy atom. The van der Waals surface area contributed by atoms with Gasteiger partial charge >= 0.3 is 0 Å². The molecule has 0 aliphatic rings. The molecule has 0 saturated carbocycles. The highest BCUT2D eigenvalue weighted by molar-refractivity contribution is 9.10. The zero-order chi connectivity index (χ0) is 13.7. The summed E-state index contributed by atoms with van der Waals surface area (Å²) in [7, 11) is 0. The lowest BCUT2D eigenvalue weighted by molar-refractivity contribution is 0.634. The van der Waals surface area contributed by atoms with E-state index in [9.17, 15) is 0 Å². The Morgan fingerprint density at radius 1 is 1.11 bits per heavy atom. The molecule has 19 heavy (non-hydrogen) atoms. The summed E-state index contributed by atoms with van der Waals surface area (Å²) in [5.74, 6) is 5.73. The SMILES string of the molecule is CCCc1ccc(C(NN)c2ccccc2Br)cc1. The van der Waals surface area contributed by atoms with Crippen molar-refractivity contribution >= 4 is 15.9 Å². The lowest BCUT2D eigenvalue weighted by Gasteiger charge is -2.18. The maximum atomic E-state index is 5.73. The second kappa shape index (κ2) is 6.85. The molecule has 2 nitrogen and oxygen atoms in total. The molecule has 0 spiro atoms. The summed E-state index contributed by atoms with van der Waals surface area (Å²) in [5, 5.41) is 0. The predicted molar refractivity (Wildman–Crippen MR) is 83.7 cm³/mol. The van der Waals surface area contributed by atoms with Crippen LogP contribution in [0.5, 0.6) is 0 Å². The molecule has 3 heteroatoms. The number of hydrogen-bond acceptors (Lipinski definition) is 2. The van der Waals surface area contributed by atoms with Crippen molar-refractivity contribution in [3.05, 3.63) is 69.7 Å². The molecule has 2 aromatic rings. The molecule has 0 heterocycles. The largest absolute Gasteiger partial charge is 0.271 e. The third-order valence-corrected chi connectivity index (χ3v) is 3.96. The van der Waals surface area contributed by atoms with Crippen LogP contribution in [0.3, 0.4) is 0 Å². The molecule has 0 saturated heterocycles. The summed E-state index contributed by atoms with van der Waals surface area (Å²) in [4.78, 5) is 0. The van der Waals surface area contributed by atoms with Gasteiger partial charge in [0.05, 0.1) is 6.04 Å². The third-order valence-electron chi connectivity index (χ3n) is 3.23. The van der Waals surface area contributed by atoms with Crippen LogP contribution in [-0.2, 0) is 6.42 Å². The normalized spacial score (nSPS) is 12.4. The second-order valence-electron chi connectivity index (χ2n) is 4.61. The summed E-state index contributed by atoms with van der Waals surface area (Å²) in [6.07, 6.45) is 2.29. The van der Waals surface area contributed by atoms with Gasteiger partial charge in [-0.1, -0.05) is 71.7 Å². The van der Waals surface area contributed by atoms with E-state index >= 15 is 0 Å². The molecule has 1 unspecified atom stereocenters. The fraction of sp³-hybridized carbons (Fsp3) is 0.250. The molecule has 0 radical (unpaired) electrons. The average Bonchev–Trinajstić information content (AvgIpc) is 2.44. The molecule has 0 bridgehead atoms. The minimum absolute atomic E-state index is 0.00579. The van der Waals surface area contributed by atoms with Gasteiger partial charge in [0.2, 0.25) is 0 Å². The van der Waals surface area contributed by atoms with Gasteiger partial charge in [0.25, 0.3) is 0 Å². The van der Waals surface area contributed by atoms with Gasteiger partial charge in [-0.2, -0.15) is 0 Å². The number of halogens is 1. The number of hydrazine groups is 1. The Morgan fingerprint density at radius 3 is 2.37 bits per heavy atom. The summed E-state index contributed by atoms with van der Waals surface area (Å²) >= 11 is 3.58. The van der Waals surface area contributed by atoms with Crippen LogP contribution in [0.15, 0.2) is 53.0 Å². The van der Waals surface area contributed by atoms with Crippen molar-refractivity contribution in [1.29, 1.82) is 0 Å². The number of aryl methyl sites for hydroxylation is 1. The van der Waals surface area contributed by atoms with E-state index in [1.807, 2.05) is 18.2 Å². The van der Waals surface area contributed by atoms with E-state index in [0.717, 1.165) is 16.5 Å².